The van der Waals surface area contributed by atoms with Gasteiger partial charge in [-0.2, -0.15) is 4.98 Å². The molecule has 0 saturated carbocycles. The number of primary amides is 1. The van der Waals surface area contributed by atoms with E-state index in [0.717, 1.165) is 18.5 Å². The number of unbranched alkanes of at least 4 members (excludes halogenated alkanes) is 1. The number of carbonyl (C=O) groups is 1. The predicted octanol–water partition coefficient (Wildman–Crippen LogP) is 0.861. The van der Waals surface area contributed by atoms with Gasteiger partial charge in [0.1, 0.15) is 0 Å². The lowest BCUT2D eigenvalue weighted by atomic mass is 10.2. The van der Waals surface area contributed by atoms with Crippen LogP contribution in [0.4, 0.5) is 5.95 Å². The molecule has 1 heterocycles. The Morgan fingerprint density at radius 2 is 2.24 bits per heavy atom. The van der Waals surface area contributed by atoms with Crippen LogP contribution in [0.3, 0.4) is 0 Å². The van der Waals surface area contributed by atoms with E-state index in [1.807, 2.05) is 6.92 Å². The fraction of sp³-hybridized carbons (Fsp3) is 0.545. The van der Waals surface area contributed by atoms with Crippen molar-refractivity contribution in [2.45, 2.75) is 26.2 Å². The number of aromatic nitrogens is 2. The van der Waals surface area contributed by atoms with E-state index < -0.39 is 0 Å². The lowest BCUT2D eigenvalue weighted by Crippen LogP contribution is -2.11. The molecule has 6 heteroatoms. The van der Waals surface area contributed by atoms with E-state index in [4.69, 9.17) is 10.5 Å². The van der Waals surface area contributed by atoms with Crippen molar-refractivity contribution in [2.75, 3.05) is 19.0 Å². The molecule has 0 aliphatic carbocycles. The molecule has 3 N–H and O–H groups in total. The average Bonchev–Trinajstić information content (AvgIpc) is 2.27. The summed E-state index contributed by atoms with van der Waals surface area (Å²) in [5.74, 6) is 0.816. The van der Waals surface area contributed by atoms with Gasteiger partial charge in [-0.25, -0.2) is 4.98 Å². The summed E-state index contributed by atoms with van der Waals surface area (Å²) in [7, 11) is 1.57. The molecule has 1 rings (SSSR count). The van der Waals surface area contributed by atoms with Crippen molar-refractivity contribution in [3.63, 3.8) is 0 Å². The quantitative estimate of drug-likeness (QED) is 0.688. The normalized spacial score (nSPS) is 10.0. The summed E-state index contributed by atoms with van der Waals surface area (Å²) in [6.07, 6.45) is 2.04. The zero-order chi connectivity index (χ0) is 12.7. The van der Waals surface area contributed by atoms with E-state index in [-0.39, 0.29) is 5.91 Å². The van der Waals surface area contributed by atoms with Crippen molar-refractivity contribution in [3.8, 4) is 5.88 Å². The summed E-state index contributed by atoms with van der Waals surface area (Å²) in [5.41, 5.74) is 5.89. The molecule has 0 bridgehead atoms. The third-order valence-electron chi connectivity index (χ3n) is 2.17. The highest BCUT2D eigenvalue weighted by atomic mass is 16.5. The van der Waals surface area contributed by atoms with Gasteiger partial charge in [0, 0.05) is 24.7 Å². The van der Waals surface area contributed by atoms with Crippen molar-refractivity contribution in [2.24, 2.45) is 5.73 Å². The second kappa shape index (κ2) is 6.67. The number of nitrogens with one attached hydrogen (secondary N) is 1. The fourth-order valence-corrected chi connectivity index (χ4v) is 1.35. The summed E-state index contributed by atoms with van der Waals surface area (Å²) in [6.45, 7) is 2.59. The van der Waals surface area contributed by atoms with Crippen LogP contribution in [-0.4, -0.2) is 29.5 Å². The Kier molecular flexibility index (Phi) is 5.19. The Morgan fingerprint density at radius 3 is 2.88 bits per heavy atom. The number of hydrogen-bond acceptors (Lipinski definition) is 5. The maximum atomic E-state index is 10.5. The molecule has 0 unspecified atom stereocenters. The van der Waals surface area contributed by atoms with E-state index >= 15 is 0 Å². The smallest absolute Gasteiger partial charge is 0.226 e. The Labute approximate surface area is 101 Å². The van der Waals surface area contributed by atoms with Crippen LogP contribution in [0.25, 0.3) is 0 Å². The third kappa shape index (κ3) is 5.14. The molecule has 94 valence electrons. The Morgan fingerprint density at radius 1 is 1.47 bits per heavy atom. The van der Waals surface area contributed by atoms with E-state index in [2.05, 4.69) is 15.3 Å². The van der Waals surface area contributed by atoms with E-state index in [1.165, 1.54) is 0 Å². The second-order valence-corrected chi connectivity index (χ2v) is 3.73. The number of nitrogens with two attached hydrogens (primary N) is 1. The van der Waals surface area contributed by atoms with E-state index in [0.29, 0.717) is 24.8 Å². The Bertz CT molecular complexity index is 382. The van der Waals surface area contributed by atoms with Gasteiger partial charge in [-0.05, 0) is 19.8 Å². The van der Waals surface area contributed by atoms with Gasteiger partial charge < -0.3 is 15.8 Å². The van der Waals surface area contributed by atoms with Crippen LogP contribution in [0.5, 0.6) is 5.88 Å². The maximum absolute atomic E-state index is 10.5. The zero-order valence-electron chi connectivity index (χ0n) is 10.2. The van der Waals surface area contributed by atoms with E-state index in [1.54, 1.807) is 13.2 Å². The van der Waals surface area contributed by atoms with Crippen molar-refractivity contribution < 1.29 is 9.53 Å². The van der Waals surface area contributed by atoms with Crippen LogP contribution in [0.2, 0.25) is 0 Å². The first-order chi connectivity index (χ1) is 8.11. The largest absolute Gasteiger partial charge is 0.481 e. The lowest BCUT2D eigenvalue weighted by Gasteiger charge is -2.06. The van der Waals surface area contributed by atoms with Crippen molar-refractivity contribution in [1.29, 1.82) is 0 Å². The lowest BCUT2D eigenvalue weighted by molar-refractivity contribution is -0.118. The van der Waals surface area contributed by atoms with Gasteiger partial charge in [-0.15, -0.1) is 0 Å². The predicted molar refractivity (Wildman–Crippen MR) is 64.9 cm³/mol. The molecule has 0 aliphatic heterocycles. The monoisotopic (exact) mass is 238 g/mol. The van der Waals surface area contributed by atoms with Gasteiger partial charge in [0.25, 0.3) is 0 Å². The molecule has 6 nitrogen and oxygen atoms in total. The number of nitrogens with zero attached hydrogens (tertiary/aromatic N) is 2. The SMILES string of the molecule is COc1cc(C)nc(NCCCCC(N)=O)n1. The molecule has 1 aromatic rings. The number of aryl methyl sites for hydroxylation is 1. The Balaban J connectivity index is 2.36. The van der Waals surface area contributed by atoms with Gasteiger partial charge in [-0.1, -0.05) is 0 Å². The van der Waals surface area contributed by atoms with Gasteiger partial charge in [0.2, 0.25) is 17.7 Å². The molecular weight excluding hydrogens is 220 g/mol. The minimum absolute atomic E-state index is 0.265. The molecule has 0 radical (unpaired) electrons. The summed E-state index contributed by atoms with van der Waals surface area (Å²) >= 11 is 0. The van der Waals surface area contributed by atoms with Gasteiger partial charge in [0.05, 0.1) is 7.11 Å². The van der Waals surface area contributed by atoms with Gasteiger partial charge in [-0.3, -0.25) is 4.79 Å². The number of anilines is 1. The molecule has 0 fully saturated rings. The molecule has 1 amide bonds. The summed E-state index contributed by atoms with van der Waals surface area (Å²) in [5, 5.41) is 3.08. The number of amides is 1. The number of hydrogen-bond donors (Lipinski definition) is 2. The molecule has 1 aromatic heterocycles. The zero-order valence-corrected chi connectivity index (χ0v) is 10.2. The highest BCUT2D eigenvalue weighted by Gasteiger charge is 2.01. The second-order valence-electron chi connectivity index (χ2n) is 3.73. The fourth-order valence-electron chi connectivity index (χ4n) is 1.35. The van der Waals surface area contributed by atoms with Crippen LogP contribution in [0.1, 0.15) is 25.0 Å². The molecule has 0 spiro atoms. The van der Waals surface area contributed by atoms with Crippen molar-refractivity contribution in [1.82, 2.24) is 9.97 Å². The Hall–Kier alpha value is -1.85. The minimum atomic E-state index is -0.265. The highest BCUT2D eigenvalue weighted by molar-refractivity contribution is 5.73. The summed E-state index contributed by atoms with van der Waals surface area (Å²) < 4.78 is 5.04. The maximum Gasteiger partial charge on any atom is 0.226 e. The highest BCUT2D eigenvalue weighted by Crippen LogP contribution is 2.11. The minimum Gasteiger partial charge on any atom is -0.481 e. The first kappa shape index (κ1) is 13.2. The number of methoxy groups -OCH3 is 1. The van der Waals surface area contributed by atoms with Crippen LogP contribution in [0.15, 0.2) is 6.07 Å². The third-order valence-corrected chi connectivity index (χ3v) is 2.17. The van der Waals surface area contributed by atoms with Gasteiger partial charge in [0.15, 0.2) is 0 Å². The van der Waals surface area contributed by atoms with Crippen molar-refractivity contribution >= 4 is 11.9 Å². The first-order valence-corrected chi connectivity index (χ1v) is 5.53. The topological polar surface area (TPSA) is 90.1 Å². The molecule has 0 saturated heterocycles. The van der Waals surface area contributed by atoms with Crippen molar-refractivity contribution in [3.05, 3.63) is 11.8 Å². The summed E-state index contributed by atoms with van der Waals surface area (Å²) in [4.78, 5) is 18.9. The van der Waals surface area contributed by atoms with Crippen LogP contribution in [0, 0.1) is 6.92 Å². The number of rotatable bonds is 7. The number of carbonyl (C=O) groups excluding carboxylic acids is 1. The van der Waals surface area contributed by atoms with Gasteiger partial charge >= 0.3 is 0 Å². The summed E-state index contributed by atoms with van der Waals surface area (Å²) in [6, 6.07) is 1.76. The van der Waals surface area contributed by atoms with Crippen LogP contribution < -0.4 is 15.8 Å². The first-order valence-electron chi connectivity index (χ1n) is 5.53. The average molecular weight is 238 g/mol. The van der Waals surface area contributed by atoms with E-state index in [9.17, 15) is 4.79 Å². The molecular formula is C11H18N4O2. The number of ether oxygens (including phenoxy) is 1. The molecule has 0 atom stereocenters. The standard InChI is InChI=1S/C11H18N4O2/c1-8-7-10(17-2)15-11(14-8)13-6-4-3-5-9(12)16/h7H,3-6H2,1-2H3,(H2,12,16)(H,13,14,15). The molecule has 0 aliphatic rings. The molecule has 17 heavy (non-hydrogen) atoms. The van der Waals surface area contributed by atoms with Crippen LogP contribution in [-0.2, 0) is 4.79 Å². The van der Waals surface area contributed by atoms with Crippen LogP contribution >= 0.6 is 0 Å². The molecule has 0 aromatic carbocycles.